The second-order valence-electron chi connectivity index (χ2n) is 2.98. The summed E-state index contributed by atoms with van der Waals surface area (Å²) in [5.74, 6) is 0.251. The molecule has 0 unspecified atom stereocenters. The third-order valence-electron chi connectivity index (χ3n) is 2.14. The summed E-state index contributed by atoms with van der Waals surface area (Å²) >= 11 is 0. The predicted octanol–water partition coefficient (Wildman–Crippen LogP) is 3.87. The monoisotopic (exact) mass is 221 g/mol. The highest BCUT2D eigenvalue weighted by molar-refractivity contribution is 5.95. The minimum Gasteiger partial charge on any atom is -0.312 e. The summed E-state index contributed by atoms with van der Waals surface area (Å²) in [5, 5.41) is 0. The number of amides is 1. The molecule has 0 radical (unpaired) electrons. The molecular weight excluding hydrogens is 198 g/mol. The lowest BCUT2D eigenvalue weighted by atomic mass is 10.3. The Labute approximate surface area is 99.3 Å². The lowest BCUT2D eigenvalue weighted by Crippen LogP contribution is -2.23. The molecule has 1 aromatic rings. The van der Waals surface area contributed by atoms with Crippen molar-refractivity contribution < 1.29 is 4.79 Å². The number of hydrogen-bond donors (Lipinski definition) is 0. The van der Waals surface area contributed by atoms with Crippen molar-refractivity contribution in [3.63, 3.8) is 0 Å². The SMILES string of the molecule is CC.CC.O=C1CCCN1c1ccccc1. The summed E-state index contributed by atoms with van der Waals surface area (Å²) in [5.41, 5.74) is 1.03. The van der Waals surface area contributed by atoms with E-state index < -0.39 is 0 Å². The summed E-state index contributed by atoms with van der Waals surface area (Å²) in [6.07, 6.45) is 1.70. The maximum atomic E-state index is 11.3. The van der Waals surface area contributed by atoms with Crippen LogP contribution in [0.5, 0.6) is 0 Å². The molecule has 1 amide bonds. The largest absolute Gasteiger partial charge is 0.312 e. The van der Waals surface area contributed by atoms with Crippen LogP contribution in [0.25, 0.3) is 0 Å². The summed E-state index contributed by atoms with van der Waals surface area (Å²) < 4.78 is 0. The summed E-state index contributed by atoms with van der Waals surface area (Å²) in [6.45, 7) is 8.88. The van der Waals surface area contributed by atoms with Gasteiger partial charge in [0.1, 0.15) is 0 Å². The van der Waals surface area contributed by atoms with E-state index >= 15 is 0 Å². The molecule has 0 saturated carbocycles. The minimum atomic E-state index is 0.251. The van der Waals surface area contributed by atoms with Gasteiger partial charge in [0, 0.05) is 18.7 Å². The van der Waals surface area contributed by atoms with Crippen LogP contribution in [0.1, 0.15) is 40.5 Å². The van der Waals surface area contributed by atoms with E-state index in [1.54, 1.807) is 0 Å². The highest BCUT2D eigenvalue weighted by atomic mass is 16.2. The fraction of sp³-hybridized carbons (Fsp3) is 0.500. The Morgan fingerprint density at radius 1 is 1.00 bits per heavy atom. The predicted molar refractivity (Wildman–Crippen MR) is 70.7 cm³/mol. The van der Waals surface area contributed by atoms with Gasteiger partial charge in [-0.2, -0.15) is 0 Å². The van der Waals surface area contributed by atoms with Gasteiger partial charge >= 0.3 is 0 Å². The van der Waals surface area contributed by atoms with Crippen LogP contribution >= 0.6 is 0 Å². The normalized spacial score (nSPS) is 13.5. The molecule has 1 heterocycles. The number of rotatable bonds is 1. The number of para-hydroxylation sites is 1. The standard InChI is InChI=1S/C10H11NO.2C2H6/c12-10-7-4-8-11(10)9-5-2-1-3-6-9;2*1-2/h1-3,5-6H,4,7-8H2;2*1-2H3. The number of nitrogens with zero attached hydrogens (tertiary/aromatic N) is 1. The third-order valence-corrected chi connectivity index (χ3v) is 2.14. The molecule has 1 saturated heterocycles. The van der Waals surface area contributed by atoms with Gasteiger partial charge in [-0.3, -0.25) is 4.79 Å². The Bertz CT molecular complexity index is 282. The van der Waals surface area contributed by atoms with Crippen LogP contribution < -0.4 is 4.90 Å². The molecule has 2 heteroatoms. The molecule has 0 N–H and O–H groups in total. The molecule has 1 aliphatic heterocycles. The molecule has 2 nitrogen and oxygen atoms in total. The molecule has 1 aromatic carbocycles. The molecule has 0 aromatic heterocycles. The first kappa shape index (κ1) is 14.7. The first-order valence-corrected chi connectivity index (χ1v) is 6.23. The van der Waals surface area contributed by atoms with Gasteiger partial charge in [0.25, 0.3) is 0 Å². The maximum absolute atomic E-state index is 11.3. The second-order valence-corrected chi connectivity index (χ2v) is 2.98. The van der Waals surface area contributed by atoms with Gasteiger partial charge in [0.2, 0.25) is 5.91 Å². The third kappa shape index (κ3) is 4.05. The van der Waals surface area contributed by atoms with Crippen molar-refractivity contribution >= 4 is 11.6 Å². The molecule has 0 atom stereocenters. The molecule has 16 heavy (non-hydrogen) atoms. The quantitative estimate of drug-likeness (QED) is 0.705. The smallest absolute Gasteiger partial charge is 0.227 e. The van der Waals surface area contributed by atoms with Crippen LogP contribution in [0, 0.1) is 0 Å². The maximum Gasteiger partial charge on any atom is 0.227 e. The van der Waals surface area contributed by atoms with E-state index in [2.05, 4.69) is 0 Å². The van der Waals surface area contributed by atoms with Gasteiger partial charge in [-0.25, -0.2) is 0 Å². The van der Waals surface area contributed by atoms with E-state index in [-0.39, 0.29) is 5.91 Å². The molecule has 0 bridgehead atoms. The zero-order valence-electron chi connectivity index (χ0n) is 10.9. The number of anilines is 1. The molecule has 1 fully saturated rings. The van der Waals surface area contributed by atoms with Crippen molar-refractivity contribution in [3.05, 3.63) is 30.3 Å². The molecule has 1 aliphatic rings. The van der Waals surface area contributed by atoms with Crippen LogP contribution in [-0.4, -0.2) is 12.5 Å². The summed E-state index contributed by atoms with van der Waals surface area (Å²) in [7, 11) is 0. The average molecular weight is 221 g/mol. The Hall–Kier alpha value is -1.31. The van der Waals surface area contributed by atoms with E-state index in [0.717, 1.165) is 18.7 Å². The lowest BCUT2D eigenvalue weighted by molar-refractivity contribution is -0.117. The first-order valence-electron chi connectivity index (χ1n) is 6.23. The molecule has 0 spiro atoms. The van der Waals surface area contributed by atoms with E-state index in [1.807, 2.05) is 62.9 Å². The fourth-order valence-electron chi connectivity index (χ4n) is 1.53. The number of hydrogen-bond acceptors (Lipinski definition) is 1. The minimum absolute atomic E-state index is 0.251. The average Bonchev–Trinajstić information content (AvgIpc) is 2.82. The number of carbonyl (C=O) groups is 1. The van der Waals surface area contributed by atoms with E-state index in [4.69, 9.17) is 0 Å². The first-order chi connectivity index (χ1) is 7.88. The highest BCUT2D eigenvalue weighted by Gasteiger charge is 2.20. The van der Waals surface area contributed by atoms with Gasteiger partial charge < -0.3 is 4.90 Å². The van der Waals surface area contributed by atoms with Gasteiger partial charge in [-0.05, 0) is 18.6 Å². The summed E-state index contributed by atoms with van der Waals surface area (Å²) in [4.78, 5) is 13.1. The molecule has 90 valence electrons. The second kappa shape index (κ2) is 8.96. The Kier molecular flexibility index (Phi) is 8.22. The van der Waals surface area contributed by atoms with Crippen molar-refractivity contribution in [2.45, 2.75) is 40.5 Å². The Morgan fingerprint density at radius 3 is 2.00 bits per heavy atom. The molecular formula is C14H23NO. The topological polar surface area (TPSA) is 20.3 Å². The van der Waals surface area contributed by atoms with Crippen LogP contribution in [0.4, 0.5) is 5.69 Å². The zero-order chi connectivity index (χ0) is 12.4. The lowest BCUT2D eigenvalue weighted by Gasteiger charge is -2.14. The van der Waals surface area contributed by atoms with E-state index in [1.165, 1.54) is 0 Å². The van der Waals surface area contributed by atoms with Crippen LogP contribution in [0.3, 0.4) is 0 Å². The number of benzene rings is 1. The van der Waals surface area contributed by atoms with Crippen molar-refractivity contribution in [2.75, 3.05) is 11.4 Å². The van der Waals surface area contributed by atoms with Gasteiger partial charge in [0.15, 0.2) is 0 Å². The van der Waals surface area contributed by atoms with Crippen molar-refractivity contribution in [1.82, 2.24) is 0 Å². The van der Waals surface area contributed by atoms with E-state index in [0.29, 0.717) is 6.42 Å². The Morgan fingerprint density at radius 2 is 1.56 bits per heavy atom. The van der Waals surface area contributed by atoms with Gasteiger partial charge in [0.05, 0.1) is 0 Å². The van der Waals surface area contributed by atoms with Gasteiger partial charge in [-0.1, -0.05) is 45.9 Å². The highest BCUT2D eigenvalue weighted by Crippen LogP contribution is 2.19. The zero-order valence-corrected chi connectivity index (χ0v) is 10.9. The van der Waals surface area contributed by atoms with Crippen molar-refractivity contribution in [2.24, 2.45) is 0 Å². The fourth-order valence-corrected chi connectivity index (χ4v) is 1.53. The van der Waals surface area contributed by atoms with Crippen LogP contribution in [0.2, 0.25) is 0 Å². The van der Waals surface area contributed by atoms with Gasteiger partial charge in [-0.15, -0.1) is 0 Å². The van der Waals surface area contributed by atoms with Crippen molar-refractivity contribution in [1.29, 1.82) is 0 Å². The molecule has 0 aliphatic carbocycles. The Balaban J connectivity index is 0.000000509. The molecule has 2 rings (SSSR count). The van der Waals surface area contributed by atoms with Crippen molar-refractivity contribution in [3.8, 4) is 0 Å². The summed E-state index contributed by atoms with van der Waals surface area (Å²) in [6, 6.07) is 9.83. The van der Waals surface area contributed by atoms with Crippen LogP contribution in [0.15, 0.2) is 30.3 Å². The number of carbonyl (C=O) groups excluding carboxylic acids is 1. The van der Waals surface area contributed by atoms with E-state index in [9.17, 15) is 4.79 Å². The van der Waals surface area contributed by atoms with Crippen LogP contribution in [-0.2, 0) is 4.79 Å².